The molecule has 0 atom stereocenters. The number of halogens is 1. The first-order chi connectivity index (χ1) is 8.70. The van der Waals surface area contributed by atoms with Crippen molar-refractivity contribution in [2.24, 2.45) is 12.5 Å². The normalized spacial score (nSPS) is 12.1. The molecule has 0 aliphatic carbocycles. The first-order valence-corrected chi connectivity index (χ1v) is 6.20. The maximum absolute atomic E-state index is 12.2. The SMILES string of the molecule is Cn1c(=O)c2ncc(Cl)nc2n(CC(C)(C)C)c1=O. The lowest BCUT2D eigenvalue weighted by molar-refractivity contribution is 0.337. The van der Waals surface area contributed by atoms with Crippen molar-refractivity contribution < 1.29 is 0 Å². The highest BCUT2D eigenvalue weighted by Gasteiger charge is 2.19. The quantitative estimate of drug-likeness (QED) is 0.788. The van der Waals surface area contributed by atoms with Crippen molar-refractivity contribution in [1.82, 2.24) is 19.1 Å². The predicted octanol–water partition coefficient (Wildman–Crippen LogP) is 1.19. The predicted molar refractivity (Wildman–Crippen MR) is 73.5 cm³/mol. The van der Waals surface area contributed by atoms with Gasteiger partial charge in [-0.2, -0.15) is 0 Å². The summed E-state index contributed by atoms with van der Waals surface area (Å²) in [7, 11) is 1.43. The molecule has 0 radical (unpaired) electrons. The number of rotatable bonds is 1. The van der Waals surface area contributed by atoms with Crippen LogP contribution in [0.4, 0.5) is 0 Å². The zero-order valence-corrected chi connectivity index (χ0v) is 12.0. The smallest absolute Gasteiger partial charge is 0.275 e. The molecule has 0 aromatic carbocycles. The monoisotopic (exact) mass is 282 g/mol. The minimum atomic E-state index is -0.464. The summed E-state index contributed by atoms with van der Waals surface area (Å²) in [5.41, 5.74) is -0.636. The van der Waals surface area contributed by atoms with Crippen molar-refractivity contribution in [3.63, 3.8) is 0 Å². The highest BCUT2D eigenvalue weighted by Crippen LogP contribution is 2.17. The molecule has 0 aliphatic heterocycles. The third-order valence-electron chi connectivity index (χ3n) is 2.64. The summed E-state index contributed by atoms with van der Waals surface area (Å²) < 4.78 is 2.48. The van der Waals surface area contributed by atoms with Crippen LogP contribution in [0.2, 0.25) is 5.15 Å². The van der Waals surface area contributed by atoms with Gasteiger partial charge in [0.2, 0.25) is 0 Å². The van der Waals surface area contributed by atoms with Crippen LogP contribution < -0.4 is 11.2 Å². The van der Waals surface area contributed by atoms with E-state index in [1.807, 2.05) is 20.8 Å². The van der Waals surface area contributed by atoms with E-state index in [0.717, 1.165) is 4.57 Å². The van der Waals surface area contributed by atoms with Crippen LogP contribution in [0.3, 0.4) is 0 Å². The molecule has 0 aliphatic rings. The molecule has 0 fully saturated rings. The fraction of sp³-hybridized carbons (Fsp3) is 0.500. The first kappa shape index (κ1) is 13.7. The van der Waals surface area contributed by atoms with E-state index in [1.165, 1.54) is 17.8 Å². The van der Waals surface area contributed by atoms with Gasteiger partial charge in [-0.05, 0) is 5.41 Å². The summed E-state index contributed by atoms with van der Waals surface area (Å²) >= 11 is 5.81. The number of hydrogen-bond acceptors (Lipinski definition) is 4. The molecular formula is C12H15ClN4O2. The Bertz CT molecular complexity index is 755. The number of aromatic nitrogens is 4. The number of nitrogens with zero attached hydrogens (tertiary/aromatic N) is 4. The van der Waals surface area contributed by atoms with Crippen molar-refractivity contribution in [3.8, 4) is 0 Å². The van der Waals surface area contributed by atoms with Gasteiger partial charge in [-0.15, -0.1) is 0 Å². The second-order valence-corrected chi connectivity index (χ2v) is 6.05. The van der Waals surface area contributed by atoms with Gasteiger partial charge in [0.05, 0.1) is 6.20 Å². The molecule has 0 saturated carbocycles. The van der Waals surface area contributed by atoms with Crippen LogP contribution in [0.1, 0.15) is 20.8 Å². The van der Waals surface area contributed by atoms with Crippen molar-refractivity contribution >= 4 is 22.8 Å². The van der Waals surface area contributed by atoms with Gasteiger partial charge in [0.1, 0.15) is 5.15 Å². The Labute approximate surface area is 114 Å². The highest BCUT2D eigenvalue weighted by molar-refractivity contribution is 6.29. The van der Waals surface area contributed by atoms with Crippen LogP contribution >= 0.6 is 11.6 Å². The van der Waals surface area contributed by atoms with E-state index in [4.69, 9.17) is 11.6 Å². The molecule has 0 bridgehead atoms. The summed E-state index contributed by atoms with van der Waals surface area (Å²) in [6.45, 7) is 6.41. The highest BCUT2D eigenvalue weighted by atomic mass is 35.5. The summed E-state index contributed by atoms with van der Waals surface area (Å²) in [4.78, 5) is 32.3. The molecule has 2 aromatic heterocycles. The molecule has 19 heavy (non-hydrogen) atoms. The van der Waals surface area contributed by atoms with Crippen LogP contribution in [0.25, 0.3) is 11.2 Å². The fourth-order valence-corrected chi connectivity index (χ4v) is 1.96. The van der Waals surface area contributed by atoms with E-state index in [1.54, 1.807) is 0 Å². The van der Waals surface area contributed by atoms with Gasteiger partial charge in [-0.1, -0.05) is 32.4 Å². The molecular weight excluding hydrogens is 268 g/mol. The third kappa shape index (κ3) is 2.53. The summed E-state index contributed by atoms with van der Waals surface area (Å²) in [5.74, 6) is 0. The van der Waals surface area contributed by atoms with Crippen LogP contribution in [0, 0.1) is 5.41 Å². The minimum absolute atomic E-state index is 0.141. The second-order valence-electron chi connectivity index (χ2n) is 5.66. The van der Waals surface area contributed by atoms with Crippen LogP contribution in [-0.4, -0.2) is 19.1 Å². The molecule has 6 nitrogen and oxygen atoms in total. The lowest BCUT2D eigenvalue weighted by atomic mass is 9.97. The number of hydrogen-bond donors (Lipinski definition) is 0. The molecule has 0 unspecified atom stereocenters. The Balaban J connectivity index is 2.92. The third-order valence-corrected chi connectivity index (χ3v) is 2.82. The Hall–Kier alpha value is -1.69. The average Bonchev–Trinajstić information content (AvgIpc) is 2.30. The Morgan fingerprint density at radius 3 is 2.53 bits per heavy atom. The van der Waals surface area contributed by atoms with Gasteiger partial charge in [0, 0.05) is 13.6 Å². The van der Waals surface area contributed by atoms with Gasteiger partial charge < -0.3 is 0 Å². The van der Waals surface area contributed by atoms with E-state index in [0.29, 0.717) is 6.54 Å². The molecule has 102 valence electrons. The molecule has 2 rings (SSSR count). The van der Waals surface area contributed by atoms with Crippen LogP contribution in [0.5, 0.6) is 0 Å². The minimum Gasteiger partial charge on any atom is -0.275 e. The molecule has 2 aromatic rings. The Morgan fingerprint density at radius 2 is 1.95 bits per heavy atom. The Kier molecular flexibility index (Phi) is 3.22. The van der Waals surface area contributed by atoms with Crippen molar-refractivity contribution in [2.45, 2.75) is 27.3 Å². The molecule has 0 spiro atoms. The number of fused-ring (bicyclic) bond motifs is 1. The molecule has 0 N–H and O–H groups in total. The zero-order chi connectivity index (χ0) is 14.4. The summed E-state index contributed by atoms with van der Waals surface area (Å²) in [5, 5.41) is 0.155. The van der Waals surface area contributed by atoms with E-state index < -0.39 is 11.2 Å². The maximum atomic E-state index is 12.2. The van der Waals surface area contributed by atoms with Gasteiger partial charge >= 0.3 is 5.69 Å². The fourth-order valence-electron chi connectivity index (χ4n) is 1.83. The van der Waals surface area contributed by atoms with Crippen molar-refractivity contribution in [2.75, 3.05) is 0 Å². The summed E-state index contributed by atoms with van der Waals surface area (Å²) in [6, 6.07) is 0. The summed E-state index contributed by atoms with van der Waals surface area (Å²) in [6.07, 6.45) is 1.30. The molecule has 2 heterocycles. The average molecular weight is 283 g/mol. The van der Waals surface area contributed by atoms with Gasteiger partial charge in [0.15, 0.2) is 11.2 Å². The lowest BCUT2D eigenvalue weighted by Crippen LogP contribution is -2.40. The van der Waals surface area contributed by atoms with Gasteiger partial charge in [-0.25, -0.2) is 14.8 Å². The standard InChI is InChI=1S/C12H15ClN4O2/c1-12(2,3)6-17-9-8(14-5-7(13)15-9)10(18)16(4)11(17)19/h5H,6H2,1-4H3. The van der Waals surface area contributed by atoms with E-state index >= 15 is 0 Å². The zero-order valence-electron chi connectivity index (χ0n) is 11.3. The van der Waals surface area contributed by atoms with Crippen molar-refractivity contribution in [1.29, 1.82) is 0 Å². The Morgan fingerprint density at radius 1 is 1.32 bits per heavy atom. The van der Waals surface area contributed by atoms with Crippen molar-refractivity contribution in [3.05, 3.63) is 32.2 Å². The van der Waals surface area contributed by atoms with Gasteiger partial charge in [0.25, 0.3) is 5.56 Å². The molecule has 0 saturated heterocycles. The largest absolute Gasteiger partial charge is 0.332 e. The molecule has 7 heteroatoms. The topological polar surface area (TPSA) is 69.8 Å². The van der Waals surface area contributed by atoms with Crippen LogP contribution in [-0.2, 0) is 13.6 Å². The van der Waals surface area contributed by atoms with E-state index in [-0.39, 0.29) is 21.7 Å². The molecule has 0 amide bonds. The lowest BCUT2D eigenvalue weighted by Gasteiger charge is -2.20. The van der Waals surface area contributed by atoms with E-state index in [9.17, 15) is 9.59 Å². The van der Waals surface area contributed by atoms with Gasteiger partial charge in [-0.3, -0.25) is 13.9 Å². The maximum Gasteiger partial charge on any atom is 0.332 e. The first-order valence-electron chi connectivity index (χ1n) is 5.83. The van der Waals surface area contributed by atoms with E-state index in [2.05, 4.69) is 9.97 Å². The second kappa shape index (κ2) is 4.45. The van der Waals surface area contributed by atoms with Crippen LogP contribution in [0.15, 0.2) is 15.8 Å².